The first kappa shape index (κ1) is 16.1. The summed E-state index contributed by atoms with van der Waals surface area (Å²) < 4.78 is 5.62. The van der Waals surface area contributed by atoms with Gasteiger partial charge in [-0.25, -0.2) is 4.79 Å². The summed E-state index contributed by atoms with van der Waals surface area (Å²) in [5.74, 6) is 0.548. The number of ether oxygens (including phenoxy) is 1. The number of amides is 2. The predicted octanol–water partition coefficient (Wildman–Crippen LogP) is 3.85. The number of carbonyl (C=O) groups is 1. The van der Waals surface area contributed by atoms with Crippen LogP contribution < -0.4 is 15.4 Å². The quantitative estimate of drug-likeness (QED) is 0.850. The lowest BCUT2D eigenvalue weighted by molar-refractivity contribution is 0.252. The van der Waals surface area contributed by atoms with E-state index in [1.165, 1.54) is 0 Å². The Morgan fingerprint density at radius 2 is 2.18 bits per heavy atom. The van der Waals surface area contributed by atoms with Gasteiger partial charge in [0.2, 0.25) is 0 Å². The molecule has 0 aliphatic heterocycles. The van der Waals surface area contributed by atoms with E-state index in [-0.39, 0.29) is 6.03 Å². The molecular weight excluding hydrogens is 302 g/mol. The van der Waals surface area contributed by atoms with Gasteiger partial charge >= 0.3 is 6.03 Å². The van der Waals surface area contributed by atoms with Crippen molar-refractivity contribution in [1.29, 1.82) is 0 Å². The lowest BCUT2D eigenvalue weighted by Gasteiger charge is -2.10. The first-order valence-corrected chi connectivity index (χ1v) is 7.44. The highest BCUT2D eigenvalue weighted by molar-refractivity contribution is 6.32. The van der Waals surface area contributed by atoms with Crippen LogP contribution in [0.3, 0.4) is 0 Å². The average Bonchev–Trinajstić information content (AvgIpc) is 2.53. The van der Waals surface area contributed by atoms with Crippen molar-refractivity contribution in [2.45, 2.75) is 20.0 Å². The van der Waals surface area contributed by atoms with Crippen molar-refractivity contribution in [2.75, 3.05) is 11.9 Å². The van der Waals surface area contributed by atoms with Gasteiger partial charge in [-0.2, -0.15) is 0 Å². The average molecular weight is 320 g/mol. The van der Waals surface area contributed by atoms with Gasteiger partial charge in [0.15, 0.2) is 0 Å². The molecule has 2 amide bonds. The number of aromatic nitrogens is 1. The number of benzene rings is 1. The highest BCUT2D eigenvalue weighted by Crippen LogP contribution is 2.28. The molecule has 0 unspecified atom stereocenters. The van der Waals surface area contributed by atoms with Crippen LogP contribution in [0.25, 0.3) is 0 Å². The number of nitrogens with zero attached hydrogens (tertiary/aromatic N) is 1. The zero-order chi connectivity index (χ0) is 15.8. The lowest BCUT2D eigenvalue weighted by atomic mass is 10.3. The molecule has 0 aliphatic carbocycles. The number of hydrogen-bond donors (Lipinski definition) is 2. The smallest absolute Gasteiger partial charge is 0.319 e. The van der Waals surface area contributed by atoms with E-state index in [0.717, 1.165) is 12.1 Å². The summed E-state index contributed by atoms with van der Waals surface area (Å²) in [6.45, 7) is 2.96. The van der Waals surface area contributed by atoms with Crippen molar-refractivity contribution in [3.05, 3.63) is 53.3 Å². The maximum atomic E-state index is 11.6. The van der Waals surface area contributed by atoms with E-state index in [9.17, 15) is 4.79 Å². The Morgan fingerprint density at radius 3 is 2.86 bits per heavy atom. The van der Waals surface area contributed by atoms with Crippen LogP contribution in [0.2, 0.25) is 5.02 Å². The van der Waals surface area contributed by atoms with E-state index in [1.807, 2.05) is 25.1 Å². The van der Waals surface area contributed by atoms with E-state index in [4.69, 9.17) is 16.3 Å². The molecule has 0 saturated carbocycles. The Hall–Kier alpha value is -2.27. The fourth-order valence-corrected chi connectivity index (χ4v) is 1.98. The molecule has 2 rings (SSSR count). The van der Waals surface area contributed by atoms with Gasteiger partial charge in [-0.15, -0.1) is 0 Å². The van der Waals surface area contributed by atoms with Crippen molar-refractivity contribution >= 4 is 23.3 Å². The Labute approximate surface area is 134 Å². The first-order valence-electron chi connectivity index (χ1n) is 7.06. The number of carbonyl (C=O) groups excluding carboxylic acids is 1. The van der Waals surface area contributed by atoms with Crippen LogP contribution in [-0.2, 0) is 6.61 Å². The first-order chi connectivity index (χ1) is 10.7. The van der Waals surface area contributed by atoms with Crippen LogP contribution >= 0.6 is 11.6 Å². The molecular formula is C16H18ClN3O2. The minimum atomic E-state index is -0.250. The number of rotatable bonds is 6. The Kier molecular flexibility index (Phi) is 6.03. The summed E-state index contributed by atoms with van der Waals surface area (Å²) in [4.78, 5) is 15.7. The van der Waals surface area contributed by atoms with Gasteiger partial charge in [0.25, 0.3) is 0 Å². The monoisotopic (exact) mass is 319 g/mol. The molecule has 2 aromatic rings. The molecule has 22 heavy (non-hydrogen) atoms. The number of nitrogens with one attached hydrogen (secondary N) is 2. The third kappa shape index (κ3) is 4.93. The standard InChI is InChI=1S/C16H18ClN3O2/c1-2-8-19-16(21)20-12-6-7-15(14(17)10-12)22-11-13-5-3-4-9-18-13/h3-7,9-10H,2,8,11H2,1H3,(H2,19,20,21). The van der Waals surface area contributed by atoms with Gasteiger partial charge in [-0.05, 0) is 36.8 Å². The maximum absolute atomic E-state index is 11.6. The van der Waals surface area contributed by atoms with Crippen LogP contribution in [0, 0.1) is 0 Å². The Morgan fingerprint density at radius 1 is 1.32 bits per heavy atom. The lowest BCUT2D eigenvalue weighted by Crippen LogP contribution is -2.29. The highest BCUT2D eigenvalue weighted by Gasteiger charge is 2.06. The molecule has 0 atom stereocenters. The molecule has 6 heteroatoms. The normalized spacial score (nSPS) is 10.1. The van der Waals surface area contributed by atoms with Crippen LogP contribution in [-0.4, -0.2) is 17.6 Å². The van der Waals surface area contributed by atoms with E-state index in [0.29, 0.717) is 29.6 Å². The van der Waals surface area contributed by atoms with Gasteiger partial charge in [0, 0.05) is 18.4 Å². The van der Waals surface area contributed by atoms with Crippen molar-refractivity contribution < 1.29 is 9.53 Å². The van der Waals surface area contributed by atoms with E-state index in [2.05, 4.69) is 15.6 Å². The number of anilines is 1. The molecule has 0 spiro atoms. The second kappa shape index (κ2) is 8.24. The second-order valence-corrected chi connectivity index (χ2v) is 5.04. The van der Waals surface area contributed by atoms with E-state index >= 15 is 0 Å². The minimum absolute atomic E-state index is 0.250. The van der Waals surface area contributed by atoms with Gasteiger partial charge < -0.3 is 15.4 Å². The molecule has 0 bridgehead atoms. The summed E-state index contributed by atoms with van der Waals surface area (Å²) in [6.07, 6.45) is 2.59. The van der Waals surface area contributed by atoms with Crippen LogP contribution in [0.15, 0.2) is 42.6 Å². The highest BCUT2D eigenvalue weighted by atomic mass is 35.5. The van der Waals surface area contributed by atoms with Crippen LogP contribution in [0.5, 0.6) is 5.75 Å². The SMILES string of the molecule is CCCNC(=O)Nc1ccc(OCc2ccccn2)c(Cl)c1. The van der Waals surface area contributed by atoms with Crippen LogP contribution in [0.1, 0.15) is 19.0 Å². The molecule has 0 saturated heterocycles. The van der Waals surface area contributed by atoms with E-state index < -0.39 is 0 Å². The van der Waals surface area contributed by atoms with Crippen molar-refractivity contribution in [3.63, 3.8) is 0 Å². The summed E-state index contributed by atoms with van der Waals surface area (Å²) >= 11 is 6.17. The van der Waals surface area contributed by atoms with Crippen molar-refractivity contribution in [2.24, 2.45) is 0 Å². The summed E-state index contributed by atoms with van der Waals surface area (Å²) in [5.41, 5.74) is 1.43. The molecule has 5 nitrogen and oxygen atoms in total. The second-order valence-electron chi connectivity index (χ2n) is 4.64. The molecule has 1 aromatic carbocycles. The zero-order valence-electron chi connectivity index (χ0n) is 12.3. The maximum Gasteiger partial charge on any atom is 0.319 e. The van der Waals surface area contributed by atoms with Gasteiger partial charge in [0.05, 0.1) is 10.7 Å². The summed E-state index contributed by atoms with van der Waals surface area (Å²) in [5, 5.41) is 5.88. The van der Waals surface area contributed by atoms with E-state index in [1.54, 1.807) is 24.4 Å². The third-order valence-corrected chi connectivity index (χ3v) is 3.12. The van der Waals surface area contributed by atoms with Gasteiger partial charge in [0.1, 0.15) is 12.4 Å². The number of halogens is 1. The molecule has 1 aromatic heterocycles. The van der Waals surface area contributed by atoms with Gasteiger partial charge in [-0.1, -0.05) is 24.6 Å². The summed E-state index contributed by atoms with van der Waals surface area (Å²) in [7, 11) is 0. The Balaban J connectivity index is 1.93. The molecule has 0 radical (unpaired) electrons. The molecule has 2 N–H and O–H groups in total. The third-order valence-electron chi connectivity index (χ3n) is 2.83. The predicted molar refractivity (Wildman–Crippen MR) is 87.3 cm³/mol. The zero-order valence-corrected chi connectivity index (χ0v) is 13.1. The largest absolute Gasteiger partial charge is 0.486 e. The molecule has 0 aliphatic rings. The van der Waals surface area contributed by atoms with Gasteiger partial charge in [-0.3, -0.25) is 4.98 Å². The topological polar surface area (TPSA) is 63.2 Å². The van der Waals surface area contributed by atoms with Crippen LogP contribution in [0.4, 0.5) is 10.5 Å². The molecule has 116 valence electrons. The number of pyridine rings is 1. The van der Waals surface area contributed by atoms with Crippen molar-refractivity contribution in [3.8, 4) is 5.75 Å². The Bertz CT molecular complexity index is 620. The fraction of sp³-hybridized carbons (Fsp3) is 0.250. The summed E-state index contributed by atoms with van der Waals surface area (Å²) in [6, 6.07) is 10.5. The number of hydrogen-bond acceptors (Lipinski definition) is 3. The minimum Gasteiger partial charge on any atom is -0.486 e. The number of urea groups is 1. The van der Waals surface area contributed by atoms with Crippen molar-refractivity contribution in [1.82, 2.24) is 10.3 Å². The molecule has 1 heterocycles. The molecule has 0 fully saturated rings. The fourth-order valence-electron chi connectivity index (χ4n) is 1.74.